The molecule has 0 spiro atoms. The van der Waals surface area contributed by atoms with Crippen molar-refractivity contribution in [2.24, 2.45) is 0 Å². The Morgan fingerprint density at radius 1 is 1.42 bits per heavy atom. The number of carbonyl (C=O) groups excluding carboxylic acids is 1. The van der Waals surface area contributed by atoms with Crippen molar-refractivity contribution in [2.75, 3.05) is 0 Å². The fourth-order valence-corrected chi connectivity index (χ4v) is 2.41. The zero-order valence-electron chi connectivity index (χ0n) is 11.4. The predicted molar refractivity (Wildman–Crippen MR) is 77.3 cm³/mol. The minimum absolute atomic E-state index is 0.397. The van der Waals surface area contributed by atoms with Crippen LogP contribution in [0.25, 0.3) is 10.2 Å². The topological polar surface area (TPSA) is 51.2 Å². The molecule has 1 aromatic carbocycles. The first kappa shape index (κ1) is 13.8. The zero-order valence-corrected chi connectivity index (χ0v) is 12.2. The molecule has 4 nitrogen and oxygen atoms in total. The number of benzene rings is 1. The van der Waals surface area contributed by atoms with Gasteiger partial charge in [-0.1, -0.05) is 19.1 Å². The van der Waals surface area contributed by atoms with E-state index in [1.165, 1.54) is 0 Å². The maximum absolute atomic E-state index is 11.6. The molecule has 0 atom stereocenters. The van der Waals surface area contributed by atoms with Gasteiger partial charge in [-0.3, -0.25) is 0 Å². The molecule has 0 saturated heterocycles. The van der Waals surface area contributed by atoms with Crippen LogP contribution in [0.4, 0.5) is 4.79 Å². The normalized spacial score (nSPS) is 11.5. The van der Waals surface area contributed by atoms with E-state index in [0.29, 0.717) is 6.54 Å². The van der Waals surface area contributed by atoms with E-state index in [9.17, 15) is 4.79 Å². The standard InChI is InChI=1S/C14H18N2O2S/c1-4-14(2,3)18-13(17)15-9-12-16-10-7-5-6-8-11(10)19-12/h5-8H,4,9H2,1-3H3,(H,15,17). The van der Waals surface area contributed by atoms with Gasteiger partial charge in [-0.2, -0.15) is 0 Å². The number of fused-ring (bicyclic) bond motifs is 1. The quantitative estimate of drug-likeness (QED) is 0.927. The molecular weight excluding hydrogens is 260 g/mol. The van der Waals surface area contributed by atoms with Crippen molar-refractivity contribution in [1.29, 1.82) is 0 Å². The number of ether oxygens (including phenoxy) is 1. The highest BCUT2D eigenvalue weighted by Crippen LogP contribution is 2.21. The van der Waals surface area contributed by atoms with Crippen LogP contribution in [0.5, 0.6) is 0 Å². The fraction of sp³-hybridized carbons (Fsp3) is 0.429. The molecule has 0 aliphatic carbocycles. The maximum atomic E-state index is 11.6. The summed E-state index contributed by atoms with van der Waals surface area (Å²) >= 11 is 1.58. The molecule has 1 heterocycles. The summed E-state index contributed by atoms with van der Waals surface area (Å²) in [6.07, 6.45) is 0.382. The van der Waals surface area contributed by atoms with Crippen LogP contribution in [-0.4, -0.2) is 16.7 Å². The van der Waals surface area contributed by atoms with Crippen molar-refractivity contribution < 1.29 is 9.53 Å². The van der Waals surface area contributed by atoms with Gasteiger partial charge in [0.1, 0.15) is 10.6 Å². The van der Waals surface area contributed by atoms with E-state index in [-0.39, 0.29) is 0 Å². The Hall–Kier alpha value is -1.62. The van der Waals surface area contributed by atoms with E-state index in [2.05, 4.69) is 10.3 Å². The molecule has 5 heteroatoms. The summed E-state index contributed by atoms with van der Waals surface area (Å²) in [6, 6.07) is 7.93. The van der Waals surface area contributed by atoms with Crippen molar-refractivity contribution in [1.82, 2.24) is 10.3 Å². The van der Waals surface area contributed by atoms with E-state index in [1.54, 1.807) is 11.3 Å². The maximum Gasteiger partial charge on any atom is 0.408 e. The zero-order chi connectivity index (χ0) is 13.9. The summed E-state index contributed by atoms with van der Waals surface area (Å²) < 4.78 is 6.44. The van der Waals surface area contributed by atoms with Crippen LogP contribution in [0.15, 0.2) is 24.3 Å². The number of amides is 1. The predicted octanol–water partition coefficient (Wildman–Crippen LogP) is 3.71. The van der Waals surface area contributed by atoms with Crippen molar-refractivity contribution >= 4 is 27.6 Å². The largest absolute Gasteiger partial charge is 0.444 e. The molecule has 0 aliphatic heterocycles. The van der Waals surface area contributed by atoms with Crippen molar-refractivity contribution in [3.63, 3.8) is 0 Å². The van der Waals surface area contributed by atoms with Gasteiger partial charge in [-0.15, -0.1) is 11.3 Å². The van der Waals surface area contributed by atoms with Gasteiger partial charge in [-0.05, 0) is 32.4 Å². The van der Waals surface area contributed by atoms with Gasteiger partial charge >= 0.3 is 6.09 Å². The van der Waals surface area contributed by atoms with Gasteiger partial charge < -0.3 is 10.1 Å². The summed E-state index contributed by atoms with van der Waals surface area (Å²) in [5.41, 5.74) is 0.532. The Morgan fingerprint density at radius 2 is 2.16 bits per heavy atom. The van der Waals surface area contributed by atoms with Crippen LogP contribution in [0.3, 0.4) is 0 Å². The molecule has 102 valence electrons. The Labute approximate surface area is 116 Å². The molecule has 0 bridgehead atoms. The molecule has 1 amide bonds. The van der Waals surface area contributed by atoms with Crippen molar-refractivity contribution in [3.8, 4) is 0 Å². The van der Waals surface area contributed by atoms with Gasteiger partial charge in [0.05, 0.1) is 16.8 Å². The lowest BCUT2D eigenvalue weighted by Gasteiger charge is -2.23. The van der Waals surface area contributed by atoms with Gasteiger partial charge in [0.15, 0.2) is 0 Å². The lowest BCUT2D eigenvalue weighted by Crippen LogP contribution is -2.33. The number of aromatic nitrogens is 1. The minimum Gasteiger partial charge on any atom is -0.444 e. The Kier molecular flexibility index (Phi) is 4.04. The highest BCUT2D eigenvalue weighted by molar-refractivity contribution is 7.18. The first-order valence-corrected chi connectivity index (χ1v) is 7.13. The third kappa shape index (κ3) is 3.67. The SMILES string of the molecule is CCC(C)(C)OC(=O)NCc1nc2ccccc2s1. The molecule has 0 unspecified atom stereocenters. The van der Waals surface area contributed by atoms with E-state index >= 15 is 0 Å². The van der Waals surface area contributed by atoms with E-state index in [4.69, 9.17) is 4.74 Å². The number of para-hydroxylation sites is 1. The van der Waals surface area contributed by atoms with Gasteiger partial charge in [0.2, 0.25) is 0 Å². The number of carbonyl (C=O) groups is 1. The summed E-state index contributed by atoms with van der Waals surface area (Å²) in [5.74, 6) is 0. The van der Waals surface area contributed by atoms with Gasteiger partial charge in [0, 0.05) is 0 Å². The van der Waals surface area contributed by atoms with Crippen LogP contribution in [-0.2, 0) is 11.3 Å². The number of rotatable bonds is 4. The lowest BCUT2D eigenvalue weighted by atomic mass is 10.1. The Bertz CT molecular complexity index is 545. The second-order valence-electron chi connectivity index (χ2n) is 4.93. The number of nitrogens with zero attached hydrogens (tertiary/aromatic N) is 1. The summed E-state index contributed by atoms with van der Waals surface area (Å²) in [6.45, 7) is 6.17. The highest BCUT2D eigenvalue weighted by Gasteiger charge is 2.20. The molecule has 19 heavy (non-hydrogen) atoms. The Morgan fingerprint density at radius 3 is 2.84 bits per heavy atom. The molecule has 0 aliphatic rings. The second kappa shape index (κ2) is 5.57. The summed E-state index contributed by atoms with van der Waals surface area (Å²) in [4.78, 5) is 16.1. The number of nitrogens with one attached hydrogen (secondary N) is 1. The molecule has 2 rings (SSSR count). The van der Waals surface area contributed by atoms with Crippen LogP contribution >= 0.6 is 11.3 Å². The third-order valence-electron chi connectivity index (χ3n) is 2.94. The molecule has 0 fully saturated rings. The monoisotopic (exact) mass is 278 g/mol. The first-order chi connectivity index (χ1) is 9.00. The third-order valence-corrected chi connectivity index (χ3v) is 3.98. The molecular formula is C14H18N2O2S. The van der Waals surface area contributed by atoms with Crippen LogP contribution in [0, 0.1) is 0 Å². The second-order valence-corrected chi connectivity index (χ2v) is 6.05. The minimum atomic E-state index is -0.433. The summed E-state index contributed by atoms with van der Waals surface area (Å²) in [5, 5.41) is 3.62. The number of hydrogen-bond acceptors (Lipinski definition) is 4. The van der Waals surface area contributed by atoms with Gasteiger partial charge in [-0.25, -0.2) is 9.78 Å². The van der Waals surface area contributed by atoms with E-state index in [0.717, 1.165) is 21.6 Å². The van der Waals surface area contributed by atoms with Crippen molar-refractivity contribution in [3.05, 3.63) is 29.3 Å². The average Bonchev–Trinajstić information content (AvgIpc) is 2.78. The van der Waals surface area contributed by atoms with Crippen LogP contribution < -0.4 is 5.32 Å². The van der Waals surface area contributed by atoms with Crippen LogP contribution in [0.2, 0.25) is 0 Å². The fourth-order valence-electron chi connectivity index (χ4n) is 1.50. The van der Waals surface area contributed by atoms with E-state index < -0.39 is 11.7 Å². The Balaban J connectivity index is 1.93. The summed E-state index contributed by atoms with van der Waals surface area (Å²) in [7, 11) is 0. The molecule has 0 saturated carbocycles. The van der Waals surface area contributed by atoms with Crippen LogP contribution in [0.1, 0.15) is 32.2 Å². The number of alkyl carbamates (subject to hydrolysis) is 1. The number of thiazole rings is 1. The molecule has 0 radical (unpaired) electrons. The van der Waals surface area contributed by atoms with Crippen molar-refractivity contribution in [2.45, 2.75) is 39.3 Å². The lowest BCUT2D eigenvalue weighted by molar-refractivity contribution is 0.0360. The first-order valence-electron chi connectivity index (χ1n) is 6.31. The highest BCUT2D eigenvalue weighted by atomic mass is 32.1. The number of hydrogen-bond donors (Lipinski definition) is 1. The van der Waals surface area contributed by atoms with E-state index in [1.807, 2.05) is 45.0 Å². The molecule has 1 N–H and O–H groups in total. The van der Waals surface area contributed by atoms with Gasteiger partial charge in [0.25, 0.3) is 0 Å². The molecule has 1 aromatic heterocycles. The molecule has 2 aromatic rings. The average molecular weight is 278 g/mol. The smallest absolute Gasteiger partial charge is 0.408 e.